The fourth-order valence-electron chi connectivity index (χ4n) is 1.08. The van der Waals surface area contributed by atoms with Crippen LogP contribution in [0.2, 0.25) is 0 Å². The highest BCUT2D eigenvalue weighted by Gasteiger charge is 2.05. The Kier molecular flexibility index (Phi) is 4.90. The predicted molar refractivity (Wildman–Crippen MR) is 56.4 cm³/mol. The summed E-state index contributed by atoms with van der Waals surface area (Å²) in [5.74, 6) is -0.560. The van der Waals surface area contributed by atoms with Gasteiger partial charge in [0.2, 0.25) is 0 Å². The number of hydrogen-bond acceptors (Lipinski definition) is 2. The van der Waals surface area contributed by atoms with Crippen molar-refractivity contribution in [3.63, 3.8) is 0 Å². The maximum absolute atomic E-state index is 13.1. The molecule has 0 aliphatic heterocycles. The number of hydrogen-bond donors (Lipinski definition) is 1. The van der Waals surface area contributed by atoms with Crippen LogP contribution in [0.25, 0.3) is 0 Å². The van der Waals surface area contributed by atoms with Gasteiger partial charge in [0.05, 0.1) is 0 Å². The lowest BCUT2D eigenvalue weighted by atomic mass is 10.2. The van der Waals surface area contributed by atoms with Gasteiger partial charge in [0.15, 0.2) is 11.6 Å². The van der Waals surface area contributed by atoms with E-state index >= 15 is 0 Å². The zero-order chi connectivity index (χ0) is 10.4. The van der Waals surface area contributed by atoms with Gasteiger partial charge in [0.1, 0.15) is 0 Å². The molecular weight excluding hydrogens is 204 g/mol. The van der Waals surface area contributed by atoms with Gasteiger partial charge >= 0.3 is 0 Å². The quantitative estimate of drug-likeness (QED) is 0.760. The SMILES string of the molecule is CSCCNCc1cccc(F)c1F. The zero-order valence-electron chi connectivity index (χ0n) is 8.02. The molecule has 0 amide bonds. The van der Waals surface area contributed by atoms with Gasteiger partial charge in [0, 0.05) is 24.4 Å². The second-order valence-electron chi connectivity index (χ2n) is 2.88. The van der Waals surface area contributed by atoms with Crippen molar-refractivity contribution in [2.75, 3.05) is 18.6 Å². The third kappa shape index (κ3) is 3.27. The number of thioether (sulfide) groups is 1. The van der Waals surface area contributed by atoms with E-state index in [9.17, 15) is 8.78 Å². The van der Waals surface area contributed by atoms with E-state index in [2.05, 4.69) is 5.32 Å². The molecule has 0 bridgehead atoms. The Bertz CT molecular complexity index is 291. The van der Waals surface area contributed by atoms with Gasteiger partial charge in [-0.05, 0) is 12.3 Å². The zero-order valence-corrected chi connectivity index (χ0v) is 8.83. The molecule has 0 saturated heterocycles. The molecule has 0 heterocycles. The molecule has 0 fully saturated rings. The van der Waals surface area contributed by atoms with E-state index in [0.717, 1.165) is 18.4 Å². The lowest BCUT2D eigenvalue weighted by Gasteiger charge is -2.05. The minimum absolute atomic E-state index is 0.379. The number of benzene rings is 1. The Labute approximate surface area is 86.9 Å². The van der Waals surface area contributed by atoms with Gasteiger partial charge in [-0.2, -0.15) is 11.8 Å². The molecular formula is C10H13F2NS. The standard InChI is InChI=1S/C10H13F2NS/c1-14-6-5-13-7-8-3-2-4-9(11)10(8)12/h2-4,13H,5-7H2,1H3. The smallest absolute Gasteiger partial charge is 0.163 e. The summed E-state index contributed by atoms with van der Waals surface area (Å²) >= 11 is 1.71. The summed E-state index contributed by atoms with van der Waals surface area (Å²) in [5, 5.41) is 3.04. The van der Waals surface area contributed by atoms with Crippen molar-refractivity contribution in [3.05, 3.63) is 35.4 Å². The van der Waals surface area contributed by atoms with E-state index in [0.29, 0.717) is 12.1 Å². The van der Waals surface area contributed by atoms with Gasteiger partial charge in [-0.25, -0.2) is 8.78 Å². The maximum atomic E-state index is 13.1. The summed E-state index contributed by atoms with van der Waals surface area (Å²) in [6.45, 7) is 1.18. The summed E-state index contributed by atoms with van der Waals surface area (Å²) in [4.78, 5) is 0. The Morgan fingerprint density at radius 1 is 1.36 bits per heavy atom. The molecule has 0 radical (unpaired) electrons. The van der Waals surface area contributed by atoms with E-state index in [4.69, 9.17) is 0 Å². The highest BCUT2D eigenvalue weighted by atomic mass is 32.2. The molecule has 0 spiro atoms. The van der Waals surface area contributed by atoms with Crippen LogP contribution >= 0.6 is 11.8 Å². The van der Waals surface area contributed by atoms with Crippen molar-refractivity contribution >= 4 is 11.8 Å². The third-order valence-corrected chi connectivity index (χ3v) is 2.44. The Hall–Kier alpha value is -0.610. The maximum Gasteiger partial charge on any atom is 0.163 e. The lowest BCUT2D eigenvalue weighted by molar-refractivity contribution is 0.494. The fraction of sp³-hybridized carbons (Fsp3) is 0.400. The first-order valence-electron chi connectivity index (χ1n) is 4.38. The van der Waals surface area contributed by atoms with Crippen molar-refractivity contribution in [1.29, 1.82) is 0 Å². The Morgan fingerprint density at radius 2 is 2.14 bits per heavy atom. The summed E-state index contributed by atoms with van der Waals surface area (Å²) in [5.41, 5.74) is 0.381. The molecule has 0 unspecified atom stereocenters. The van der Waals surface area contributed by atoms with Crippen LogP contribution in [0, 0.1) is 11.6 Å². The minimum atomic E-state index is -0.783. The van der Waals surface area contributed by atoms with Gasteiger partial charge in [-0.1, -0.05) is 12.1 Å². The molecule has 1 aromatic rings. The molecule has 1 N–H and O–H groups in total. The first-order chi connectivity index (χ1) is 6.75. The molecule has 0 aromatic heterocycles. The van der Waals surface area contributed by atoms with Gasteiger partial charge < -0.3 is 5.32 Å². The molecule has 1 aromatic carbocycles. The van der Waals surface area contributed by atoms with Gasteiger partial charge in [-0.3, -0.25) is 0 Å². The largest absolute Gasteiger partial charge is 0.312 e. The Balaban J connectivity index is 2.46. The molecule has 0 atom stereocenters. The lowest BCUT2D eigenvalue weighted by Crippen LogP contribution is -2.17. The van der Waals surface area contributed by atoms with Crippen LogP contribution in [0.5, 0.6) is 0 Å². The normalized spacial score (nSPS) is 10.5. The summed E-state index contributed by atoms with van der Waals surface area (Å²) < 4.78 is 25.8. The van der Waals surface area contributed by atoms with E-state index in [1.165, 1.54) is 6.07 Å². The van der Waals surface area contributed by atoms with E-state index in [1.54, 1.807) is 17.8 Å². The second-order valence-corrected chi connectivity index (χ2v) is 3.87. The van der Waals surface area contributed by atoms with Crippen LogP contribution in [0.4, 0.5) is 8.78 Å². The monoisotopic (exact) mass is 217 g/mol. The van der Waals surface area contributed by atoms with Crippen molar-refractivity contribution < 1.29 is 8.78 Å². The predicted octanol–water partition coefficient (Wildman–Crippen LogP) is 2.42. The third-order valence-electron chi connectivity index (χ3n) is 1.83. The molecule has 0 saturated carbocycles. The molecule has 0 aliphatic rings. The fourth-order valence-corrected chi connectivity index (χ4v) is 1.43. The van der Waals surface area contributed by atoms with E-state index < -0.39 is 11.6 Å². The summed E-state index contributed by atoms with van der Waals surface area (Å²) in [6, 6.07) is 4.23. The molecule has 14 heavy (non-hydrogen) atoms. The van der Waals surface area contributed by atoms with Crippen molar-refractivity contribution in [2.45, 2.75) is 6.54 Å². The van der Waals surface area contributed by atoms with Crippen LogP contribution < -0.4 is 5.32 Å². The number of halogens is 2. The topological polar surface area (TPSA) is 12.0 Å². The van der Waals surface area contributed by atoms with Gasteiger partial charge in [0.25, 0.3) is 0 Å². The van der Waals surface area contributed by atoms with Crippen molar-refractivity contribution in [2.24, 2.45) is 0 Å². The first-order valence-corrected chi connectivity index (χ1v) is 5.77. The molecule has 4 heteroatoms. The summed E-state index contributed by atoms with van der Waals surface area (Å²) in [6.07, 6.45) is 2.00. The average molecular weight is 217 g/mol. The van der Waals surface area contributed by atoms with E-state index in [-0.39, 0.29) is 0 Å². The molecule has 0 aliphatic carbocycles. The number of rotatable bonds is 5. The molecule has 78 valence electrons. The van der Waals surface area contributed by atoms with Gasteiger partial charge in [-0.15, -0.1) is 0 Å². The van der Waals surface area contributed by atoms with Crippen LogP contribution in [0.1, 0.15) is 5.56 Å². The van der Waals surface area contributed by atoms with Crippen LogP contribution in [0.3, 0.4) is 0 Å². The summed E-state index contributed by atoms with van der Waals surface area (Å²) in [7, 11) is 0. The van der Waals surface area contributed by atoms with Crippen LogP contribution in [-0.2, 0) is 6.54 Å². The van der Waals surface area contributed by atoms with Crippen LogP contribution in [-0.4, -0.2) is 18.6 Å². The Morgan fingerprint density at radius 3 is 2.86 bits per heavy atom. The van der Waals surface area contributed by atoms with Crippen molar-refractivity contribution in [1.82, 2.24) is 5.32 Å². The van der Waals surface area contributed by atoms with E-state index in [1.807, 2.05) is 6.26 Å². The number of nitrogens with one attached hydrogen (secondary N) is 1. The molecule has 1 rings (SSSR count). The van der Waals surface area contributed by atoms with Crippen molar-refractivity contribution in [3.8, 4) is 0 Å². The average Bonchev–Trinajstić information content (AvgIpc) is 2.19. The van der Waals surface area contributed by atoms with Crippen LogP contribution in [0.15, 0.2) is 18.2 Å². The molecule has 1 nitrogen and oxygen atoms in total. The highest BCUT2D eigenvalue weighted by Crippen LogP contribution is 2.10. The highest BCUT2D eigenvalue weighted by molar-refractivity contribution is 7.98. The second kappa shape index (κ2) is 5.98. The minimum Gasteiger partial charge on any atom is -0.312 e. The first kappa shape index (κ1) is 11.5.